The van der Waals surface area contributed by atoms with E-state index in [0.717, 1.165) is 6.42 Å². The summed E-state index contributed by atoms with van der Waals surface area (Å²) in [5.74, 6) is -0.0642. The Labute approximate surface area is 218 Å². The van der Waals surface area contributed by atoms with Crippen LogP contribution in [0, 0.1) is 0 Å². The first-order valence-electron chi connectivity index (χ1n) is 11.0. The predicted molar refractivity (Wildman–Crippen MR) is 144 cm³/mol. The highest BCUT2D eigenvalue weighted by Gasteiger charge is 2.14. The van der Waals surface area contributed by atoms with Crippen molar-refractivity contribution >= 4 is 50.8 Å². The normalized spacial score (nSPS) is 10.3. The van der Waals surface area contributed by atoms with Crippen LogP contribution in [0.4, 0.5) is 5.69 Å². The Morgan fingerprint density at radius 3 is 2.46 bits per heavy atom. The van der Waals surface area contributed by atoms with Gasteiger partial charge in [-0.05, 0) is 70.5 Å². The molecule has 3 aromatic carbocycles. The highest BCUT2D eigenvalue weighted by Crippen LogP contribution is 2.26. The summed E-state index contributed by atoms with van der Waals surface area (Å²) in [7, 11) is 0. The summed E-state index contributed by atoms with van der Waals surface area (Å²) in [5, 5.41) is 17.2. The molecule has 182 valence electrons. The SMILES string of the molecule is O=C(NC(=S)Nc1ccccc1C(=O)NCCCO)c1ccc(OCCc2ccccc2)c(Br)c1. The van der Waals surface area contributed by atoms with Crippen LogP contribution in [0.15, 0.2) is 77.3 Å². The van der Waals surface area contributed by atoms with Gasteiger partial charge in [0.2, 0.25) is 0 Å². The third kappa shape index (κ3) is 8.17. The van der Waals surface area contributed by atoms with E-state index in [9.17, 15) is 9.59 Å². The topological polar surface area (TPSA) is 99.7 Å². The zero-order chi connectivity index (χ0) is 25.0. The van der Waals surface area contributed by atoms with Crippen LogP contribution in [0.2, 0.25) is 0 Å². The summed E-state index contributed by atoms with van der Waals surface area (Å²) in [6.07, 6.45) is 1.23. The van der Waals surface area contributed by atoms with Crippen molar-refractivity contribution in [3.8, 4) is 5.75 Å². The Kier molecular flexibility index (Phi) is 10.2. The number of hydrogen-bond acceptors (Lipinski definition) is 5. The molecule has 3 aromatic rings. The third-order valence-electron chi connectivity index (χ3n) is 4.95. The Bertz CT molecular complexity index is 1170. The van der Waals surface area contributed by atoms with Crippen molar-refractivity contribution in [1.29, 1.82) is 0 Å². The van der Waals surface area contributed by atoms with E-state index >= 15 is 0 Å². The van der Waals surface area contributed by atoms with E-state index in [4.69, 9.17) is 22.1 Å². The van der Waals surface area contributed by atoms with Crippen LogP contribution in [0.1, 0.15) is 32.7 Å². The van der Waals surface area contributed by atoms with Crippen molar-refractivity contribution in [2.24, 2.45) is 0 Å². The average Bonchev–Trinajstić information content (AvgIpc) is 2.86. The quantitative estimate of drug-likeness (QED) is 0.220. The molecule has 0 heterocycles. The second kappa shape index (κ2) is 13.6. The third-order valence-corrected chi connectivity index (χ3v) is 5.78. The van der Waals surface area contributed by atoms with Gasteiger partial charge in [-0.1, -0.05) is 42.5 Å². The number of para-hydroxylation sites is 1. The number of hydrogen-bond donors (Lipinski definition) is 4. The fourth-order valence-corrected chi connectivity index (χ4v) is 3.87. The Balaban J connectivity index is 1.55. The van der Waals surface area contributed by atoms with Crippen LogP contribution < -0.4 is 20.7 Å². The first-order chi connectivity index (χ1) is 17.0. The van der Waals surface area contributed by atoms with E-state index in [-0.39, 0.29) is 17.6 Å². The molecule has 0 unspecified atom stereocenters. The smallest absolute Gasteiger partial charge is 0.257 e. The maximum atomic E-state index is 12.7. The van der Waals surface area contributed by atoms with Crippen molar-refractivity contribution in [3.05, 3.63) is 94.0 Å². The van der Waals surface area contributed by atoms with Crippen LogP contribution in [-0.2, 0) is 6.42 Å². The molecule has 4 N–H and O–H groups in total. The van der Waals surface area contributed by atoms with Gasteiger partial charge < -0.3 is 20.5 Å². The fourth-order valence-electron chi connectivity index (χ4n) is 3.18. The lowest BCUT2D eigenvalue weighted by Gasteiger charge is -2.14. The van der Waals surface area contributed by atoms with E-state index in [1.807, 2.05) is 30.3 Å². The number of aliphatic hydroxyl groups excluding tert-OH is 1. The highest BCUT2D eigenvalue weighted by molar-refractivity contribution is 9.10. The molecule has 0 fully saturated rings. The van der Waals surface area contributed by atoms with Crippen LogP contribution in [0.25, 0.3) is 0 Å². The number of carbonyl (C=O) groups excluding carboxylic acids is 2. The van der Waals surface area contributed by atoms with Gasteiger partial charge >= 0.3 is 0 Å². The highest BCUT2D eigenvalue weighted by atomic mass is 79.9. The monoisotopic (exact) mass is 555 g/mol. The number of nitrogens with one attached hydrogen (secondary N) is 3. The summed E-state index contributed by atoms with van der Waals surface area (Å²) >= 11 is 8.74. The zero-order valence-electron chi connectivity index (χ0n) is 18.9. The number of anilines is 1. The van der Waals surface area contributed by atoms with E-state index in [2.05, 4.69) is 31.9 Å². The molecule has 2 amide bonds. The molecule has 0 spiro atoms. The van der Waals surface area contributed by atoms with Crippen LogP contribution in [0.5, 0.6) is 5.75 Å². The minimum Gasteiger partial charge on any atom is -0.492 e. The molecular weight excluding hydrogens is 530 g/mol. The Hall–Kier alpha value is -3.27. The van der Waals surface area contributed by atoms with Crippen molar-refractivity contribution in [2.45, 2.75) is 12.8 Å². The molecule has 0 aliphatic carbocycles. The van der Waals surface area contributed by atoms with Gasteiger partial charge in [0, 0.05) is 25.1 Å². The van der Waals surface area contributed by atoms with Gasteiger partial charge in [-0.15, -0.1) is 0 Å². The van der Waals surface area contributed by atoms with Crippen molar-refractivity contribution in [2.75, 3.05) is 25.1 Å². The van der Waals surface area contributed by atoms with Crippen LogP contribution in [0.3, 0.4) is 0 Å². The number of carbonyl (C=O) groups is 2. The number of rotatable bonds is 10. The summed E-state index contributed by atoms with van der Waals surface area (Å²) in [6, 6.07) is 21.9. The average molecular weight is 556 g/mol. The van der Waals surface area contributed by atoms with Gasteiger partial charge in [0.05, 0.1) is 22.3 Å². The molecule has 0 saturated heterocycles. The fraction of sp³-hybridized carbons (Fsp3) is 0.192. The summed E-state index contributed by atoms with van der Waals surface area (Å²) in [5.41, 5.74) is 2.42. The number of aliphatic hydroxyl groups is 1. The maximum absolute atomic E-state index is 12.7. The first-order valence-corrected chi connectivity index (χ1v) is 12.2. The lowest BCUT2D eigenvalue weighted by molar-refractivity contribution is 0.0950. The predicted octanol–water partition coefficient (Wildman–Crippen LogP) is 4.31. The molecule has 0 atom stereocenters. The van der Waals surface area contributed by atoms with E-state index in [1.165, 1.54) is 5.56 Å². The summed E-state index contributed by atoms with van der Waals surface area (Å²) in [4.78, 5) is 25.1. The van der Waals surface area contributed by atoms with Crippen molar-refractivity contribution in [3.63, 3.8) is 0 Å². The van der Waals surface area contributed by atoms with E-state index in [1.54, 1.807) is 42.5 Å². The zero-order valence-corrected chi connectivity index (χ0v) is 21.3. The lowest BCUT2D eigenvalue weighted by Crippen LogP contribution is -2.35. The van der Waals surface area contributed by atoms with Gasteiger partial charge in [0.1, 0.15) is 5.75 Å². The molecule has 3 rings (SSSR count). The molecule has 9 heteroatoms. The molecule has 0 bridgehead atoms. The van der Waals surface area contributed by atoms with Gasteiger partial charge in [-0.2, -0.15) is 0 Å². The van der Waals surface area contributed by atoms with Gasteiger partial charge in [0.25, 0.3) is 11.8 Å². The second-order valence-corrected chi connectivity index (χ2v) is 8.78. The van der Waals surface area contributed by atoms with E-state index < -0.39 is 5.91 Å². The van der Waals surface area contributed by atoms with Crippen molar-refractivity contribution < 1.29 is 19.4 Å². The molecule has 0 aliphatic heterocycles. The Morgan fingerprint density at radius 2 is 1.71 bits per heavy atom. The first kappa shape index (κ1) is 26.3. The number of thiocarbonyl (C=S) groups is 1. The van der Waals surface area contributed by atoms with Gasteiger partial charge in [-0.3, -0.25) is 14.9 Å². The van der Waals surface area contributed by atoms with E-state index in [0.29, 0.717) is 46.6 Å². The standard InChI is InChI=1S/C26H26BrN3O4S/c27-21-17-19(11-12-23(21)34-16-13-18-7-2-1-3-8-18)24(32)30-26(35)29-22-10-5-4-9-20(22)25(33)28-14-6-15-31/h1-5,7-12,17,31H,6,13-16H2,(H,28,33)(H2,29,30,32,35). The largest absolute Gasteiger partial charge is 0.492 e. The molecule has 35 heavy (non-hydrogen) atoms. The second-order valence-electron chi connectivity index (χ2n) is 7.52. The van der Waals surface area contributed by atoms with Gasteiger partial charge in [-0.25, -0.2) is 0 Å². The number of amides is 2. The minimum atomic E-state index is -0.399. The molecule has 0 aromatic heterocycles. The molecule has 0 radical (unpaired) electrons. The maximum Gasteiger partial charge on any atom is 0.257 e. The van der Waals surface area contributed by atoms with Crippen LogP contribution in [-0.4, -0.2) is 41.8 Å². The molecule has 0 saturated carbocycles. The minimum absolute atomic E-state index is 0.00675. The molecular formula is C26H26BrN3O4S. The summed E-state index contributed by atoms with van der Waals surface area (Å²) in [6.45, 7) is 0.855. The number of benzene rings is 3. The molecule has 0 aliphatic rings. The number of halogens is 1. The lowest BCUT2D eigenvalue weighted by atomic mass is 10.1. The molecule has 7 nitrogen and oxygen atoms in total. The van der Waals surface area contributed by atoms with Gasteiger partial charge in [0.15, 0.2) is 5.11 Å². The number of ether oxygens (including phenoxy) is 1. The van der Waals surface area contributed by atoms with Crippen molar-refractivity contribution in [1.82, 2.24) is 10.6 Å². The Morgan fingerprint density at radius 1 is 0.971 bits per heavy atom. The summed E-state index contributed by atoms with van der Waals surface area (Å²) < 4.78 is 6.49. The van der Waals surface area contributed by atoms with Crippen LogP contribution >= 0.6 is 28.1 Å².